The fraction of sp³-hybridized carbons (Fsp3) is 0.200. The van der Waals surface area contributed by atoms with Crippen molar-refractivity contribution in [3.63, 3.8) is 0 Å². The number of alkyl halides is 3. The van der Waals surface area contributed by atoms with E-state index in [1.807, 2.05) is 0 Å². The first-order chi connectivity index (χ1) is 10.4. The topological polar surface area (TPSA) is 42.4 Å². The molecule has 0 saturated heterocycles. The third-order valence-corrected chi connectivity index (χ3v) is 2.84. The highest BCUT2D eigenvalue weighted by Gasteiger charge is 2.32. The Morgan fingerprint density at radius 1 is 1.18 bits per heavy atom. The number of benzene rings is 1. The Morgan fingerprint density at radius 2 is 1.86 bits per heavy atom. The van der Waals surface area contributed by atoms with Crippen molar-refractivity contribution in [2.75, 3.05) is 7.05 Å². The molecule has 1 heterocycles. The number of carbonyl (C=O) groups excluding carboxylic acids is 1. The van der Waals surface area contributed by atoms with E-state index in [0.717, 1.165) is 0 Å². The van der Waals surface area contributed by atoms with Crippen LogP contribution in [0.5, 0.6) is 5.75 Å². The van der Waals surface area contributed by atoms with Crippen molar-refractivity contribution in [2.24, 2.45) is 0 Å². The number of aromatic nitrogens is 1. The fourth-order valence-electron chi connectivity index (χ4n) is 1.87. The summed E-state index contributed by atoms with van der Waals surface area (Å²) in [5.41, 5.74) is 0.478. The van der Waals surface area contributed by atoms with Crippen molar-refractivity contribution in [1.82, 2.24) is 9.88 Å². The number of amides is 1. The standard InChI is InChI=1S/C15H13F3N2O2/c1-20(14(21)12-7-4-5-9-19-12)10-11-6-2-3-8-13(11)22-15(16,17)18/h2-9H,10H2,1H3. The number of rotatable bonds is 4. The van der Waals surface area contributed by atoms with E-state index >= 15 is 0 Å². The molecule has 1 amide bonds. The molecule has 0 saturated carbocycles. The highest BCUT2D eigenvalue weighted by molar-refractivity contribution is 5.92. The summed E-state index contributed by atoms with van der Waals surface area (Å²) in [6.45, 7) is -0.0261. The maximum Gasteiger partial charge on any atom is 0.573 e. The zero-order valence-corrected chi connectivity index (χ0v) is 11.7. The summed E-state index contributed by atoms with van der Waals surface area (Å²) in [6, 6.07) is 10.6. The van der Waals surface area contributed by atoms with Gasteiger partial charge in [-0.25, -0.2) is 0 Å². The highest BCUT2D eigenvalue weighted by Crippen LogP contribution is 2.27. The van der Waals surface area contributed by atoms with Gasteiger partial charge in [0.15, 0.2) is 0 Å². The van der Waals surface area contributed by atoms with Crippen LogP contribution < -0.4 is 4.74 Å². The Balaban J connectivity index is 2.15. The van der Waals surface area contributed by atoms with Gasteiger partial charge in [0.05, 0.1) is 0 Å². The van der Waals surface area contributed by atoms with E-state index in [2.05, 4.69) is 9.72 Å². The number of nitrogens with zero attached hydrogens (tertiary/aromatic N) is 2. The van der Waals surface area contributed by atoms with Crippen molar-refractivity contribution in [3.05, 3.63) is 59.9 Å². The second-order valence-corrected chi connectivity index (χ2v) is 4.53. The third-order valence-electron chi connectivity index (χ3n) is 2.84. The Morgan fingerprint density at radius 3 is 2.50 bits per heavy atom. The second-order valence-electron chi connectivity index (χ2n) is 4.53. The molecule has 0 aliphatic heterocycles. The molecule has 0 aliphatic rings. The lowest BCUT2D eigenvalue weighted by Gasteiger charge is -2.19. The van der Waals surface area contributed by atoms with Crippen LogP contribution in [0.2, 0.25) is 0 Å². The number of ether oxygens (including phenoxy) is 1. The molecule has 1 aromatic carbocycles. The molecule has 116 valence electrons. The minimum absolute atomic E-state index is 0.0261. The molecule has 2 rings (SSSR count). The van der Waals surface area contributed by atoms with Gasteiger partial charge in [0.1, 0.15) is 11.4 Å². The van der Waals surface area contributed by atoms with Crippen molar-refractivity contribution < 1.29 is 22.7 Å². The molecule has 2 aromatic rings. The van der Waals surface area contributed by atoms with E-state index in [1.165, 1.54) is 42.4 Å². The quantitative estimate of drug-likeness (QED) is 0.870. The summed E-state index contributed by atoms with van der Waals surface area (Å²) in [6.07, 6.45) is -3.30. The fourth-order valence-corrected chi connectivity index (χ4v) is 1.87. The van der Waals surface area contributed by atoms with Gasteiger partial charge in [-0.05, 0) is 18.2 Å². The second kappa shape index (κ2) is 6.46. The first kappa shape index (κ1) is 15.8. The van der Waals surface area contributed by atoms with E-state index in [0.29, 0.717) is 0 Å². The molecule has 0 atom stereocenters. The van der Waals surface area contributed by atoms with Crippen molar-refractivity contribution in [3.8, 4) is 5.75 Å². The summed E-state index contributed by atoms with van der Waals surface area (Å²) in [5, 5.41) is 0. The van der Waals surface area contributed by atoms with Crippen molar-refractivity contribution >= 4 is 5.91 Å². The average Bonchev–Trinajstić information content (AvgIpc) is 2.48. The minimum Gasteiger partial charge on any atom is -0.405 e. The normalized spacial score (nSPS) is 11.1. The Bertz CT molecular complexity index is 645. The Labute approximate surface area is 125 Å². The Kier molecular flexibility index (Phi) is 4.65. The van der Waals surface area contributed by atoms with E-state index in [-0.39, 0.29) is 29.5 Å². The van der Waals surface area contributed by atoms with Gasteiger partial charge in [0.2, 0.25) is 0 Å². The predicted molar refractivity (Wildman–Crippen MR) is 73.2 cm³/mol. The zero-order chi connectivity index (χ0) is 16.2. The number of halogens is 3. The predicted octanol–water partition coefficient (Wildman–Crippen LogP) is 3.25. The molecule has 0 fully saturated rings. The number of carbonyl (C=O) groups is 1. The molecule has 1 aromatic heterocycles. The molecule has 0 aliphatic carbocycles. The van der Waals surface area contributed by atoms with Crippen LogP contribution in [0.25, 0.3) is 0 Å². The molecular formula is C15H13F3N2O2. The molecule has 0 spiro atoms. The zero-order valence-electron chi connectivity index (χ0n) is 11.7. The van der Waals surface area contributed by atoms with Crippen LogP contribution in [0.3, 0.4) is 0 Å². The van der Waals surface area contributed by atoms with Gasteiger partial charge < -0.3 is 9.64 Å². The van der Waals surface area contributed by atoms with Crippen LogP contribution in [-0.4, -0.2) is 29.2 Å². The summed E-state index contributed by atoms with van der Waals surface area (Å²) in [7, 11) is 1.49. The molecule has 0 bridgehead atoms. The van der Waals surface area contributed by atoms with Crippen molar-refractivity contribution in [1.29, 1.82) is 0 Å². The van der Waals surface area contributed by atoms with E-state index < -0.39 is 6.36 Å². The molecule has 7 heteroatoms. The van der Waals surface area contributed by atoms with E-state index in [1.54, 1.807) is 18.2 Å². The number of hydrogen-bond donors (Lipinski definition) is 0. The molecule has 4 nitrogen and oxygen atoms in total. The van der Waals surface area contributed by atoms with Crippen LogP contribution >= 0.6 is 0 Å². The van der Waals surface area contributed by atoms with E-state index in [9.17, 15) is 18.0 Å². The van der Waals surface area contributed by atoms with Gasteiger partial charge in [0.25, 0.3) is 5.91 Å². The smallest absolute Gasteiger partial charge is 0.405 e. The third kappa shape index (κ3) is 4.21. The van der Waals surface area contributed by atoms with Gasteiger partial charge >= 0.3 is 6.36 Å². The van der Waals surface area contributed by atoms with Crippen LogP contribution in [-0.2, 0) is 6.54 Å². The lowest BCUT2D eigenvalue weighted by Crippen LogP contribution is -2.27. The molecule has 0 radical (unpaired) electrons. The lowest BCUT2D eigenvalue weighted by atomic mass is 10.2. The molecule has 22 heavy (non-hydrogen) atoms. The summed E-state index contributed by atoms with van der Waals surface area (Å²) in [5.74, 6) is -0.710. The largest absolute Gasteiger partial charge is 0.573 e. The monoisotopic (exact) mass is 310 g/mol. The minimum atomic E-state index is -4.78. The van der Waals surface area contributed by atoms with Gasteiger partial charge in [0, 0.05) is 25.4 Å². The number of pyridine rings is 1. The maximum atomic E-state index is 12.4. The maximum absolute atomic E-state index is 12.4. The summed E-state index contributed by atoms with van der Waals surface area (Å²) < 4.78 is 41.1. The van der Waals surface area contributed by atoms with Crippen LogP contribution in [0.15, 0.2) is 48.7 Å². The summed E-state index contributed by atoms with van der Waals surface area (Å²) in [4.78, 5) is 17.3. The van der Waals surface area contributed by atoms with Gasteiger partial charge in [-0.2, -0.15) is 0 Å². The SMILES string of the molecule is CN(Cc1ccccc1OC(F)(F)F)C(=O)c1ccccn1. The van der Waals surface area contributed by atoms with Crippen LogP contribution in [0, 0.1) is 0 Å². The van der Waals surface area contributed by atoms with Gasteiger partial charge in [-0.3, -0.25) is 9.78 Å². The van der Waals surface area contributed by atoms with Crippen LogP contribution in [0.1, 0.15) is 16.1 Å². The molecule has 0 N–H and O–H groups in total. The lowest BCUT2D eigenvalue weighted by molar-refractivity contribution is -0.274. The summed E-state index contributed by atoms with van der Waals surface area (Å²) >= 11 is 0. The number of hydrogen-bond acceptors (Lipinski definition) is 3. The van der Waals surface area contributed by atoms with Crippen LogP contribution in [0.4, 0.5) is 13.2 Å². The first-order valence-corrected chi connectivity index (χ1v) is 6.37. The Hall–Kier alpha value is -2.57. The molecular weight excluding hydrogens is 297 g/mol. The van der Waals surface area contributed by atoms with E-state index in [4.69, 9.17) is 0 Å². The van der Waals surface area contributed by atoms with Gasteiger partial charge in [-0.15, -0.1) is 13.2 Å². The molecule has 0 unspecified atom stereocenters. The van der Waals surface area contributed by atoms with Crippen molar-refractivity contribution in [2.45, 2.75) is 12.9 Å². The van der Waals surface area contributed by atoms with Gasteiger partial charge in [-0.1, -0.05) is 24.3 Å². The highest BCUT2D eigenvalue weighted by atomic mass is 19.4. The number of para-hydroxylation sites is 1. The first-order valence-electron chi connectivity index (χ1n) is 6.37. The average molecular weight is 310 g/mol.